The molecule has 0 saturated carbocycles. The molecule has 1 aliphatic rings. The Morgan fingerprint density at radius 3 is 2.28 bits per heavy atom. The molecule has 1 N–H and O–H groups in total. The molecule has 2 aromatic carbocycles. The van der Waals surface area contributed by atoms with Crippen LogP contribution in [-0.4, -0.2) is 36.0 Å². The van der Waals surface area contributed by atoms with Gasteiger partial charge in [-0.3, -0.25) is 4.79 Å². The molecule has 1 fully saturated rings. The normalized spacial score (nSPS) is 16.2. The van der Waals surface area contributed by atoms with E-state index in [1.807, 2.05) is 56.3 Å². The van der Waals surface area contributed by atoms with Gasteiger partial charge in [-0.25, -0.2) is 4.79 Å². The minimum absolute atomic E-state index is 0.0344. The van der Waals surface area contributed by atoms with Crippen LogP contribution in [0.2, 0.25) is 5.02 Å². The van der Waals surface area contributed by atoms with Gasteiger partial charge in [-0.1, -0.05) is 48.9 Å². The topological polar surface area (TPSA) is 55.4 Å². The predicted octanol–water partition coefficient (Wildman–Crippen LogP) is 6.62. The van der Waals surface area contributed by atoms with Gasteiger partial charge in [0.1, 0.15) is 12.3 Å². The highest BCUT2D eigenvalue weighted by Crippen LogP contribution is 2.67. The van der Waals surface area contributed by atoms with Gasteiger partial charge in [-0.05, 0) is 68.4 Å². The van der Waals surface area contributed by atoms with Crippen LogP contribution in [0, 0.1) is 13.8 Å². The molecule has 4 nitrogen and oxygen atoms in total. The highest BCUT2D eigenvalue weighted by molar-refractivity contribution is 7.78. The average molecular weight is 475 g/mol. The fourth-order valence-electron chi connectivity index (χ4n) is 4.90. The Labute approximate surface area is 197 Å². The summed E-state index contributed by atoms with van der Waals surface area (Å²) >= 11 is 6.17. The van der Waals surface area contributed by atoms with Crippen LogP contribution in [0.1, 0.15) is 49.3 Å². The quantitative estimate of drug-likeness (QED) is 0.345. The van der Waals surface area contributed by atoms with Crippen molar-refractivity contribution >= 4 is 36.4 Å². The molecule has 1 aliphatic heterocycles. The lowest BCUT2D eigenvalue weighted by Crippen LogP contribution is -2.37. The molecular weight excluding hydrogens is 441 g/mol. The van der Waals surface area contributed by atoms with Gasteiger partial charge < -0.3 is 10.1 Å². The van der Waals surface area contributed by atoms with Crippen molar-refractivity contribution in [3.8, 4) is 0 Å². The number of nitrogens with one attached hydrogen (secondary N) is 1. The summed E-state index contributed by atoms with van der Waals surface area (Å²) in [6.45, 7) is 6.27. The van der Waals surface area contributed by atoms with E-state index in [1.165, 1.54) is 6.42 Å². The van der Waals surface area contributed by atoms with Crippen LogP contribution >= 0.6 is 18.9 Å². The Balaban J connectivity index is 1.76. The van der Waals surface area contributed by atoms with E-state index >= 15 is 0 Å². The Kier molecular flexibility index (Phi) is 8.73. The standard InChI is InChI=1S/C26H33ClNO3P/c1-4-23(26(30)28-25-19(2)15-22(27)16-20(25)3)32(13-9-6-10-14-32)18-24(29)31-17-21-11-7-5-8-12-21/h5,7-8,11-12,15-16,23H,4,6,9-10,13-14,17-18H2,1-3H3/p+1. The van der Waals surface area contributed by atoms with Crippen molar-refractivity contribution in [1.82, 2.24) is 0 Å². The van der Waals surface area contributed by atoms with Crippen LogP contribution < -0.4 is 5.32 Å². The third-order valence-electron chi connectivity index (χ3n) is 6.49. The molecule has 0 aromatic heterocycles. The molecule has 0 aliphatic carbocycles. The number of benzene rings is 2. The SMILES string of the molecule is CCC(C(=O)Nc1c(C)cc(Cl)cc1C)[P+]1(CC(=O)OCc2ccccc2)CCCCC1. The molecule has 3 rings (SSSR count). The molecular formula is C26H34ClNO3P+. The summed E-state index contributed by atoms with van der Waals surface area (Å²) in [6.07, 6.45) is 6.44. The van der Waals surface area contributed by atoms with Crippen LogP contribution in [0.4, 0.5) is 5.69 Å². The molecule has 1 atom stereocenters. The molecule has 1 amide bonds. The molecule has 6 heteroatoms. The van der Waals surface area contributed by atoms with Crippen molar-refractivity contribution < 1.29 is 14.3 Å². The van der Waals surface area contributed by atoms with Crippen LogP contribution in [0.25, 0.3) is 0 Å². The number of halogens is 1. The first kappa shape index (κ1) is 24.7. The largest absolute Gasteiger partial charge is 0.458 e. The number of hydrogen-bond donors (Lipinski definition) is 1. The van der Waals surface area contributed by atoms with Gasteiger partial charge in [0.2, 0.25) is 0 Å². The minimum Gasteiger partial charge on any atom is -0.458 e. The van der Waals surface area contributed by atoms with Crippen molar-refractivity contribution in [2.75, 3.05) is 23.8 Å². The van der Waals surface area contributed by atoms with E-state index < -0.39 is 7.26 Å². The maximum atomic E-state index is 13.5. The van der Waals surface area contributed by atoms with Gasteiger partial charge in [-0.15, -0.1) is 0 Å². The van der Waals surface area contributed by atoms with E-state index in [-0.39, 0.29) is 24.1 Å². The third-order valence-corrected chi connectivity index (χ3v) is 11.9. The molecule has 1 saturated heterocycles. The summed E-state index contributed by atoms with van der Waals surface area (Å²) in [5.74, 6) is -0.138. The van der Waals surface area contributed by atoms with Crippen LogP contribution in [0.3, 0.4) is 0 Å². The zero-order valence-corrected chi connectivity index (χ0v) is 21.0. The summed E-state index contributed by atoms with van der Waals surface area (Å²) in [4.78, 5) is 26.4. The Morgan fingerprint density at radius 1 is 1.06 bits per heavy atom. The van der Waals surface area contributed by atoms with Crippen LogP contribution in [0.15, 0.2) is 42.5 Å². The van der Waals surface area contributed by atoms with Crippen molar-refractivity contribution in [3.63, 3.8) is 0 Å². The summed E-state index contributed by atoms with van der Waals surface area (Å²) in [6, 6.07) is 13.5. The number of rotatable bonds is 8. The number of carbonyl (C=O) groups excluding carboxylic acids is 2. The predicted molar refractivity (Wildman–Crippen MR) is 135 cm³/mol. The summed E-state index contributed by atoms with van der Waals surface area (Å²) in [5, 5.41) is 3.86. The second-order valence-corrected chi connectivity index (χ2v) is 13.6. The van der Waals surface area contributed by atoms with Gasteiger partial charge in [0.05, 0.1) is 12.3 Å². The third kappa shape index (κ3) is 6.11. The zero-order valence-electron chi connectivity index (χ0n) is 19.3. The molecule has 1 heterocycles. The second-order valence-electron chi connectivity index (χ2n) is 8.86. The maximum absolute atomic E-state index is 13.5. The lowest BCUT2D eigenvalue weighted by molar-refractivity contribution is -0.141. The molecule has 0 bridgehead atoms. The fourth-order valence-corrected chi connectivity index (χ4v) is 10.3. The average Bonchev–Trinajstić information content (AvgIpc) is 2.76. The van der Waals surface area contributed by atoms with Gasteiger partial charge in [-0.2, -0.15) is 0 Å². The Hall–Kier alpha value is -1.90. The van der Waals surface area contributed by atoms with Crippen LogP contribution in [-0.2, 0) is 20.9 Å². The number of aryl methyl sites for hydroxylation is 2. The van der Waals surface area contributed by atoms with Gasteiger partial charge >= 0.3 is 5.97 Å². The first-order valence-corrected chi connectivity index (χ1v) is 14.3. The molecule has 32 heavy (non-hydrogen) atoms. The monoisotopic (exact) mass is 474 g/mol. The molecule has 0 spiro atoms. The molecule has 172 valence electrons. The van der Waals surface area contributed by atoms with E-state index in [0.29, 0.717) is 11.2 Å². The van der Waals surface area contributed by atoms with Crippen molar-refractivity contribution in [2.45, 2.75) is 58.7 Å². The van der Waals surface area contributed by atoms with Gasteiger partial charge in [0.25, 0.3) is 5.91 Å². The smallest absolute Gasteiger partial charge is 0.344 e. The van der Waals surface area contributed by atoms with Crippen molar-refractivity contribution in [1.29, 1.82) is 0 Å². The van der Waals surface area contributed by atoms with E-state index in [4.69, 9.17) is 16.3 Å². The Bertz CT molecular complexity index is 918. The lowest BCUT2D eigenvalue weighted by Gasteiger charge is -2.35. The van der Waals surface area contributed by atoms with Crippen molar-refractivity contribution in [3.05, 3.63) is 64.2 Å². The number of ether oxygens (including phenoxy) is 1. The van der Waals surface area contributed by atoms with Crippen LogP contribution in [0.5, 0.6) is 0 Å². The zero-order chi connectivity index (χ0) is 23.1. The van der Waals surface area contributed by atoms with E-state index in [9.17, 15) is 9.59 Å². The van der Waals surface area contributed by atoms with Crippen molar-refractivity contribution in [2.24, 2.45) is 0 Å². The van der Waals surface area contributed by atoms with E-state index in [0.717, 1.165) is 54.0 Å². The maximum Gasteiger partial charge on any atom is 0.344 e. The molecule has 1 unspecified atom stereocenters. The Morgan fingerprint density at radius 2 is 1.69 bits per heavy atom. The minimum atomic E-state index is -1.82. The summed E-state index contributed by atoms with van der Waals surface area (Å²) in [7, 11) is -1.82. The van der Waals surface area contributed by atoms with Gasteiger partial charge in [0, 0.05) is 18.0 Å². The number of esters is 1. The first-order valence-electron chi connectivity index (χ1n) is 11.5. The number of carbonyl (C=O) groups is 2. The number of hydrogen-bond acceptors (Lipinski definition) is 3. The molecule has 0 radical (unpaired) electrons. The highest BCUT2D eigenvalue weighted by atomic mass is 35.5. The number of amides is 1. The van der Waals surface area contributed by atoms with Gasteiger partial charge in [0.15, 0.2) is 6.16 Å². The highest BCUT2D eigenvalue weighted by Gasteiger charge is 2.51. The van der Waals surface area contributed by atoms with E-state index in [1.54, 1.807) is 0 Å². The number of anilines is 1. The molecule has 2 aromatic rings. The summed E-state index contributed by atoms with van der Waals surface area (Å²) < 4.78 is 5.64. The summed E-state index contributed by atoms with van der Waals surface area (Å²) in [5.41, 5.74) is 3.59. The second kappa shape index (κ2) is 11.3. The lowest BCUT2D eigenvalue weighted by atomic mass is 10.1. The fraction of sp³-hybridized carbons (Fsp3) is 0.462. The van der Waals surface area contributed by atoms with E-state index in [2.05, 4.69) is 12.2 Å². The first-order chi connectivity index (χ1) is 15.3.